The highest BCUT2D eigenvalue weighted by Gasteiger charge is 2.32. The Kier molecular flexibility index (Phi) is 5.82. The molecule has 4 heterocycles. The van der Waals surface area contributed by atoms with Gasteiger partial charge in [0.2, 0.25) is 16.0 Å². The van der Waals surface area contributed by atoms with Gasteiger partial charge in [-0.2, -0.15) is 9.40 Å². The summed E-state index contributed by atoms with van der Waals surface area (Å²) in [6.07, 6.45) is 8.12. The number of aromatic nitrogens is 4. The minimum atomic E-state index is -3.39. The van der Waals surface area contributed by atoms with Crippen LogP contribution in [-0.2, 0) is 21.4 Å². The second-order valence-corrected chi connectivity index (χ2v) is 10.4. The Morgan fingerprint density at radius 1 is 1.20 bits per heavy atom. The van der Waals surface area contributed by atoms with Gasteiger partial charge < -0.3 is 5.32 Å². The molecule has 2 aliphatic rings. The normalized spacial score (nSPS) is 23.1. The number of nitrogens with zero attached hydrogens (tertiary/aromatic N) is 5. The molecule has 4 rings (SSSR count). The largest absolute Gasteiger partial charge is 0.344 e. The number of halogens is 1. The fourth-order valence-corrected chi connectivity index (χ4v) is 5.13. The highest BCUT2D eigenvalue weighted by atomic mass is 35.5. The number of ketones is 1. The van der Waals surface area contributed by atoms with Crippen molar-refractivity contribution in [1.29, 1.82) is 0 Å². The zero-order valence-electron chi connectivity index (χ0n) is 17.0. The summed E-state index contributed by atoms with van der Waals surface area (Å²) in [4.78, 5) is 21.3. The Hall–Kier alpha value is -2.04. The number of Topliss-reactive ketones (excluding diaryl/α,β-unsaturated/α-hetero) is 1. The Morgan fingerprint density at radius 2 is 2.00 bits per heavy atom. The second-order valence-electron chi connectivity index (χ2n) is 8.00. The molecule has 0 spiro atoms. The van der Waals surface area contributed by atoms with E-state index in [4.69, 9.17) is 11.6 Å². The van der Waals surface area contributed by atoms with Crippen LogP contribution in [-0.4, -0.2) is 63.6 Å². The molecule has 0 radical (unpaired) electrons. The van der Waals surface area contributed by atoms with Crippen molar-refractivity contribution in [2.45, 2.75) is 51.1 Å². The number of carbonyl (C=O) groups excluding carboxylic acids is 1. The van der Waals surface area contributed by atoms with Gasteiger partial charge in [0.05, 0.1) is 47.6 Å². The van der Waals surface area contributed by atoms with Crippen LogP contribution in [0.4, 0.5) is 5.95 Å². The third-order valence-corrected chi connectivity index (χ3v) is 7.29. The summed E-state index contributed by atoms with van der Waals surface area (Å²) in [5.74, 6) is 0.427. The van der Waals surface area contributed by atoms with Crippen LogP contribution in [0.2, 0.25) is 5.02 Å². The van der Waals surface area contributed by atoms with Gasteiger partial charge in [-0.15, -0.1) is 0 Å². The van der Waals surface area contributed by atoms with Crippen LogP contribution in [0, 0.1) is 0 Å². The van der Waals surface area contributed by atoms with E-state index in [-0.39, 0.29) is 18.9 Å². The summed E-state index contributed by atoms with van der Waals surface area (Å²) in [6.45, 7) is 3.19. The number of anilines is 1. The molecular weight excluding hydrogens is 428 g/mol. The quantitative estimate of drug-likeness (QED) is 0.757. The predicted molar refractivity (Wildman–Crippen MR) is 114 cm³/mol. The zero-order chi connectivity index (χ0) is 21.5. The molecule has 30 heavy (non-hydrogen) atoms. The van der Waals surface area contributed by atoms with Crippen molar-refractivity contribution in [1.82, 2.24) is 24.1 Å². The number of nitrogens with one attached hydrogen (secondary N) is 1. The SMILES string of the molecule is C[C@H]1CCCCn2ncc(-c3nc(N[C@@H]4CCN(S(C)(=O)=O)CC4=O)ncc3Cl)c21. The van der Waals surface area contributed by atoms with Gasteiger partial charge in [0.1, 0.15) is 0 Å². The molecule has 0 amide bonds. The number of rotatable bonds is 4. The van der Waals surface area contributed by atoms with E-state index in [1.54, 1.807) is 6.20 Å². The minimum absolute atomic E-state index is 0.147. The van der Waals surface area contributed by atoms with Crippen molar-refractivity contribution < 1.29 is 13.2 Å². The summed E-state index contributed by atoms with van der Waals surface area (Å²) >= 11 is 6.43. The number of carbonyl (C=O) groups is 1. The molecule has 1 saturated heterocycles. The number of hydrogen-bond donors (Lipinski definition) is 1. The number of sulfonamides is 1. The molecule has 2 aromatic heterocycles. The van der Waals surface area contributed by atoms with Crippen molar-refractivity contribution >= 4 is 33.4 Å². The van der Waals surface area contributed by atoms with Gasteiger partial charge in [-0.05, 0) is 25.2 Å². The maximum Gasteiger partial charge on any atom is 0.223 e. The van der Waals surface area contributed by atoms with E-state index in [9.17, 15) is 13.2 Å². The van der Waals surface area contributed by atoms with E-state index >= 15 is 0 Å². The zero-order valence-corrected chi connectivity index (χ0v) is 18.6. The first-order valence-corrected chi connectivity index (χ1v) is 12.3. The molecule has 9 nitrogen and oxygen atoms in total. The molecular formula is C19H25ClN6O3S. The first-order chi connectivity index (χ1) is 14.2. The summed E-state index contributed by atoms with van der Waals surface area (Å²) in [5.41, 5.74) is 2.60. The Bertz CT molecular complexity index is 1070. The van der Waals surface area contributed by atoms with Crippen LogP contribution in [0.3, 0.4) is 0 Å². The lowest BCUT2D eigenvalue weighted by molar-refractivity contribution is -0.121. The van der Waals surface area contributed by atoms with Crippen LogP contribution >= 0.6 is 11.6 Å². The minimum Gasteiger partial charge on any atom is -0.344 e. The highest BCUT2D eigenvalue weighted by molar-refractivity contribution is 7.88. The molecule has 11 heteroatoms. The van der Waals surface area contributed by atoms with E-state index in [1.165, 1.54) is 10.5 Å². The number of hydrogen-bond acceptors (Lipinski definition) is 7. The molecule has 2 aromatic rings. The van der Waals surface area contributed by atoms with Gasteiger partial charge in [-0.25, -0.2) is 18.4 Å². The van der Waals surface area contributed by atoms with Gasteiger partial charge in [0.15, 0.2) is 5.78 Å². The van der Waals surface area contributed by atoms with Crippen molar-refractivity contribution in [2.75, 3.05) is 24.7 Å². The molecule has 162 valence electrons. The molecule has 2 aliphatic heterocycles. The summed E-state index contributed by atoms with van der Waals surface area (Å²) in [6, 6.07) is -0.541. The van der Waals surface area contributed by atoms with Crippen LogP contribution in [0.25, 0.3) is 11.3 Å². The van der Waals surface area contributed by atoms with Crippen molar-refractivity contribution in [3.05, 3.63) is 23.1 Å². The lowest BCUT2D eigenvalue weighted by Gasteiger charge is -2.29. The lowest BCUT2D eigenvalue weighted by atomic mass is 9.97. The highest BCUT2D eigenvalue weighted by Crippen LogP contribution is 2.36. The topological polar surface area (TPSA) is 110 Å². The molecule has 0 aliphatic carbocycles. The van der Waals surface area contributed by atoms with E-state index in [1.807, 2.05) is 4.68 Å². The first kappa shape index (κ1) is 21.2. The van der Waals surface area contributed by atoms with Gasteiger partial charge in [-0.3, -0.25) is 9.48 Å². The smallest absolute Gasteiger partial charge is 0.223 e. The van der Waals surface area contributed by atoms with E-state index in [0.717, 1.165) is 43.3 Å². The number of aryl methyl sites for hydroxylation is 1. The molecule has 2 atom stereocenters. The molecule has 1 fully saturated rings. The maximum absolute atomic E-state index is 12.4. The Labute approximate surface area is 180 Å². The van der Waals surface area contributed by atoms with E-state index in [0.29, 0.717) is 29.0 Å². The number of fused-ring (bicyclic) bond motifs is 1. The molecule has 0 saturated carbocycles. The third kappa shape index (κ3) is 4.21. The van der Waals surface area contributed by atoms with Gasteiger partial charge >= 0.3 is 0 Å². The molecule has 0 bridgehead atoms. The Balaban J connectivity index is 1.58. The summed E-state index contributed by atoms with van der Waals surface area (Å²) < 4.78 is 26.6. The van der Waals surface area contributed by atoms with Crippen molar-refractivity contribution in [3.63, 3.8) is 0 Å². The standard InChI is InChI=1S/C19H25ClN6O3S/c1-12-5-3-4-7-26-18(12)13(9-22-26)17-14(20)10-21-19(24-17)23-15-6-8-25(11-16(15)27)30(2,28)29/h9-10,12,15H,3-8,11H2,1-2H3,(H,21,23,24)/t12-,15+/m0/s1. The fraction of sp³-hybridized carbons (Fsp3) is 0.579. The summed E-state index contributed by atoms with van der Waals surface area (Å²) in [7, 11) is -3.39. The van der Waals surface area contributed by atoms with E-state index in [2.05, 4.69) is 27.3 Å². The fourth-order valence-electron chi connectivity index (χ4n) is 4.14. The monoisotopic (exact) mass is 452 g/mol. The van der Waals surface area contributed by atoms with Crippen LogP contribution in [0.15, 0.2) is 12.4 Å². The van der Waals surface area contributed by atoms with E-state index < -0.39 is 16.1 Å². The van der Waals surface area contributed by atoms with Gasteiger partial charge in [0.25, 0.3) is 0 Å². The number of piperidine rings is 1. The average Bonchev–Trinajstić information content (AvgIpc) is 3.02. The van der Waals surface area contributed by atoms with Gasteiger partial charge in [-0.1, -0.05) is 24.9 Å². The molecule has 0 aromatic carbocycles. The van der Waals surface area contributed by atoms with Crippen molar-refractivity contribution in [3.8, 4) is 11.3 Å². The van der Waals surface area contributed by atoms with Crippen molar-refractivity contribution in [2.24, 2.45) is 0 Å². The molecule has 0 unspecified atom stereocenters. The average molecular weight is 453 g/mol. The third-order valence-electron chi connectivity index (χ3n) is 5.76. The lowest BCUT2D eigenvalue weighted by Crippen LogP contribution is -2.48. The second kappa shape index (κ2) is 8.24. The molecule has 1 N–H and O–H groups in total. The predicted octanol–water partition coefficient (Wildman–Crippen LogP) is 2.30. The first-order valence-electron chi connectivity index (χ1n) is 10.1. The maximum atomic E-state index is 12.4. The summed E-state index contributed by atoms with van der Waals surface area (Å²) in [5, 5.41) is 8.01. The Morgan fingerprint density at radius 3 is 2.73 bits per heavy atom. The van der Waals surface area contributed by atoms with Crippen LogP contribution < -0.4 is 5.32 Å². The van der Waals surface area contributed by atoms with Gasteiger partial charge in [0, 0.05) is 18.7 Å². The van der Waals surface area contributed by atoms with Crippen LogP contribution in [0.1, 0.15) is 44.2 Å². The van der Waals surface area contributed by atoms with Crippen LogP contribution in [0.5, 0.6) is 0 Å².